The molecule has 3 aliphatic heterocycles. The molecule has 2 N–H and O–H groups in total. The van der Waals surface area contributed by atoms with Gasteiger partial charge in [0.2, 0.25) is 0 Å². The molecule has 7 heteroatoms. The van der Waals surface area contributed by atoms with Gasteiger partial charge in [-0.2, -0.15) is 0 Å². The molecule has 3 aliphatic rings. The molecule has 3 heterocycles. The summed E-state index contributed by atoms with van der Waals surface area (Å²) >= 11 is 12.7. The standard InChI is InChI=1S/C43H35Cl2N3O2/c44-34-19-15-31(16-20-34)25-33-27-48(24-23-29-9-3-1-4-10-29)28-42(40(33)49)39(32-17-21-35(45)22-18-32)38(26-30-11-5-2-6-12-30)47-43(42)36-13-7-8-14-37(36)46-41(43)50/h1-25,38-39,47H,26-28H2,(H,46,50)/b24-23+,33-25+/t38-,39-,42-,43?/m1/s1. The van der Waals surface area contributed by atoms with Gasteiger partial charge in [-0.05, 0) is 77.4 Å². The van der Waals surface area contributed by atoms with Crippen LogP contribution in [0.1, 0.15) is 33.7 Å². The van der Waals surface area contributed by atoms with Crippen molar-refractivity contribution in [2.45, 2.75) is 23.9 Å². The maximum atomic E-state index is 15.8. The number of carbonyl (C=O) groups is 2. The van der Waals surface area contributed by atoms with Crippen LogP contribution >= 0.6 is 23.2 Å². The highest BCUT2D eigenvalue weighted by Gasteiger charge is 2.74. The number of nitrogens with zero attached hydrogens (tertiary/aromatic N) is 1. The molecule has 2 spiro atoms. The molecule has 50 heavy (non-hydrogen) atoms. The van der Waals surface area contributed by atoms with Crippen molar-refractivity contribution in [2.75, 3.05) is 18.4 Å². The smallest absolute Gasteiger partial charge is 0.250 e. The number of anilines is 1. The molecule has 8 rings (SSSR count). The first-order valence-corrected chi connectivity index (χ1v) is 17.6. The first kappa shape index (κ1) is 32.3. The van der Waals surface area contributed by atoms with E-state index in [1.54, 1.807) is 0 Å². The predicted molar refractivity (Wildman–Crippen MR) is 202 cm³/mol. The third-order valence-electron chi connectivity index (χ3n) is 10.5. The van der Waals surface area contributed by atoms with Crippen molar-refractivity contribution in [3.05, 3.63) is 183 Å². The molecule has 5 aromatic carbocycles. The molecular weight excluding hydrogens is 661 g/mol. The van der Waals surface area contributed by atoms with E-state index in [2.05, 4.69) is 52.1 Å². The number of Topliss-reactive ketones (excluding diaryl/α,β-unsaturated/α-hetero) is 1. The van der Waals surface area contributed by atoms with Crippen molar-refractivity contribution < 1.29 is 9.59 Å². The summed E-state index contributed by atoms with van der Waals surface area (Å²) in [6.45, 7) is 0.684. The Bertz CT molecular complexity index is 2120. The lowest BCUT2D eigenvalue weighted by Crippen LogP contribution is -2.65. The molecular formula is C43H35Cl2N3O2. The number of amides is 1. The molecule has 2 saturated heterocycles. The Labute approximate surface area is 302 Å². The van der Waals surface area contributed by atoms with E-state index < -0.39 is 16.9 Å². The topological polar surface area (TPSA) is 61.4 Å². The van der Waals surface area contributed by atoms with Gasteiger partial charge in [0.05, 0.1) is 5.41 Å². The molecule has 0 aliphatic carbocycles. The summed E-state index contributed by atoms with van der Waals surface area (Å²) < 4.78 is 0. The number of halogens is 2. The monoisotopic (exact) mass is 695 g/mol. The quantitative estimate of drug-likeness (QED) is 0.174. The molecule has 5 aromatic rings. The molecule has 0 aromatic heterocycles. The first-order chi connectivity index (χ1) is 24.4. The van der Waals surface area contributed by atoms with Gasteiger partial charge in [-0.25, -0.2) is 0 Å². The highest BCUT2D eigenvalue weighted by atomic mass is 35.5. The van der Waals surface area contributed by atoms with Crippen LogP contribution in [0.4, 0.5) is 5.69 Å². The summed E-state index contributed by atoms with van der Waals surface area (Å²) in [5, 5.41) is 8.32. The number of piperidine rings is 1. The second kappa shape index (κ2) is 13.1. The van der Waals surface area contributed by atoms with Gasteiger partial charge in [0.25, 0.3) is 5.91 Å². The van der Waals surface area contributed by atoms with Gasteiger partial charge in [0.1, 0.15) is 5.54 Å². The Hall–Kier alpha value is -4.94. The lowest BCUT2D eigenvalue weighted by Gasteiger charge is -2.50. The summed E-state index contributed by atoms with van der Waals surface area (Å²) in [5.41, 5.74) is 3.45. The number of fused-ring (bicyclic) bond motifs is 3. The normalized spacial score (nSPS) is 25.2. The molecule has 0 bridgehead atoms. The molecule has 5 nitrogen and oxygen atoms in total. The van der Waals surface area contributed by atoms with Crippen LogP contribution in [0.2, 0.25) is 10.0 Å². The predicted octanol–water partition coefficient (Wildman–Crippen LogP) is 8.76. The third kappa shape index (κ3) is 5.47. The average Bonchev–Trinajstić information content (AvgIpc) is 3.58. The number of nitrogens with one attached hydrogen (secondary N) is 2. The van der Waals surface area contributed by atoms with Crippen LogP contribution in [0.25, 0.3) is 12.2 Å². The van der Waals surface area contributed by atoms with Gasteiger partial charge in [0.15, 0.2) is 5.78 Å². The number of hydrogen-bond donors (Lipinski definition) is 2. The van der Waals surface area contributed by atoms with E-state index >= 15 is 4.79 Å². The van der Waals surface area contributed by atoms with Crippen molar-refractivity contribution in [3.8, 4) is 0 Å². The Morgan fingerprint density at radius 2 is 1.38 bits per heavy atom. The maximum absolute atomic E-state index is 15.8. The van der Waals surface area contributed by atoms with Crippen molar-refractivity contribution in [3.63, 3.8) is 0 Å². The van der Waals surface area contributed by atoms with E-state index in [4.69, 9.17) is 23.2 Å². The summed E-state index contributed by atoms with van der Waals surface area (Å²) in [5.74, 6) is -0.682. The van der Waals surface area contributed by atoms with Gasteiger partial charge in [-0.15, -0.1) is 0 Å². The molecule has 2 fully saturated rings. The van der Waals surface area contributed by atoms with Crippen molar-refractivity contribution in [2.24, 2.45) is 5.41 Å². The second-order valence-electron chi connectivity index (χ2n) is 13.4. The summed E-state index contributed by atoms with van der Waals surface area (Å²) in [6.07, 6.45) is 6.70. The average molecular weight is 697 g/mol. The number of rotatable bonds is 6. The van der Waals surface area contributed by atoms with Crippen LogP contribution in [0.5, 0.6) is 0 Å². The zero-order valence-corrected chi connectivity index (χ0v) is 28.7. The number of carbonyl (C=O) groups excluding carboxylic acids is 2. The number of benzene rings is 5. The van der Waals surface area contributed by atoms with Gasteiger partial charge in [0, 0.05) is 51.9 Å². The van der Waals surface area contributed by atoms with Crippen LogP contribution in [0.15, 0.2) is 145 Å². The van der Waals surface area contributed by atoms with Gasteiger partial charge >= 0.3 is 0 Å². The third-order valence-corrected chi connectivity index (χ3v) is 11.0. The Morgan fingerprint density at radius 1 is 0.740 bits per heavy atom. The summed E-state index contributed by atoms with van der Waals surface area (Å²) in [4.78, 5) is 32.9. The minimum atomic E-state index is -1.37. The lowest BCUT2D eigenvalue weighted by atomic mass is 9.55. The Morgan fingerprint density at radius 3 is 2.10 bits per heavy atom. The van der Waals surface area contributed by atoms with Crippen LogP contribution in [-0.2, 0) is 21.5 Å². The van der Waals surface area contributed by atoms with Crippen LogP contribution < -0.4 is 10.6 Å². The van der Waals surface area contributed by atoms with E-state index in [0.717, 1.165) is 27.8 Å². The van der Waals surface area contributed by atoms with Crippen molar-refractivity contribution in [1.29, 1.82) is 0 Å². The maximum Gasteiger partial charge on any atom is 0.250 e. The summed E-state index contributed by atoms with van der Waals surface area (Å²) in [6, 6.07) is 43.1. The lowest BCUT2D eigenvalue weighted by molar-refractivity contribution is -0.141. The Balaban J connectivity index is 1.39. The van der Waals surface area contributed by atoms with E-state index in [9.17, 15) is 4.79 Å². The zero-order valence-electron chi connectivity index (χ0n) is 27.2. The SMILES string of the molecule is O=C1Nc2ccccc2C12N[C@H](Cc1ccccc1)[C@@H](c1ccc(Cl)cc1)[C@@]21CN(/C=C/c2ccccc2)C/C(=C\c2ccc(Cl)cc2)C1=O. The molecule has 0 saturated carbocycles. The van der Waals surface area contributed by atoms with Gasteiger partial charge in [-0.3, -0.25) is 14.9 Å². The fourth-order valence-corrected chi connectivity index (χ4v) is 8.67. The minimum absolute atomic E-state index is 0.0494. The number of hydrogen-bond acceptors (Lipinski definition) is 4. The fourth-order valence-electron chi connectivity index (χ4n) is 8.42. The van der Waals surface area contributed by atoms with E-state index in [-0.39, 0.29) is 17.7 Å². The van der Waals surface area contributed by atoms with Crippen LogP contribution in [0, 0.1) is 5.41 Å². The number of para-hydroxylation sites is 1. The summed E-state index contributed by atoms with van der Waals surface area (Å²) in [7, 11) is 0. The minimum Gasteiger partial charge on any atom is -0.372 e. The fraction of sp³-hybridized carbons (Fsp3) is 0.163. The van der Waals surface area contributed by atoms with Crippen molar-refractivity contribution >= 4 is 52.7 Å². The highest BCUT2D eigenvalue weighted by molar-refractivity contribution is 6.30. The van der Waals surface area contributed by atoms with Gasteiger partial charge in [-0.1, -0.05) is 126 Å². The number of ketones is 1. The van der Waals surface area contributed by atoms with E-state index in [1.165, 1.54) is 0 Å². The second-order valence-corrected chi connectivity index (χ2v) is 14.2. The number of likely N-dealkylation sites (tertiary alicyclic amines) is 1. The molecule has 0 radical (unpaired) electrons. The Kier molecular flexibility index (Phi) is 8.44. The van der Waals surface area contributed by atoms with Gasteiger partial charge < -0.3 is 10.2 Å². The zero-order chi connectivity index (χ0) is 34.3. The molecule has 248 valence electrons. The first-order valence-electron chi connectivity index (χ1n) is 16.8. The van der Waals surface area contributed by atoms with E-state index in [0.29, 0.717) is 40.8 Å². The van der Waals surface area contributed by atoms with Crippen LogP contribution in [0.3, 0.4) is 0 Å². The largest absolute Gasteiger partial charge is 0.372 e. The van der Waals surface area contributed by atoms with E-state index in [1.807, 2.05) is 115 Å². The molecule has 1 amide bonds. The molecule has 1 unspecified atom stereocenters. The molecule has 4 atom stereocenters. The highest BCUT2D eigenvalue weighted by Crippen LogP contribution is 2.63. The van der Waals surface area contributed by atoms with Crippen molar-refractivity contribution in [1.82, 2.24) is 10.2 Å². The van der Waals surface area contributed by atoms with Crippen LogP contribution in [-0.4, -0.2) is 35.7 Å².